The predicted octanol–water partition coefficient (Wildman–Crippen LogP) is 2.91. The highest BCUT2D eigenvalue weighted by atomic mass is 79.9. The first-order valence-electron chi connectivity index (χ1n) is 5.15. The molecule has 2 aromatic heterocycles. The minimum atomic E-state index is -0.708. The number of carbonyl (C=O) groups excluding carboxylic acids is 1. The predicted molar refractivity (Wildman–Crippen MR) is 70.0 cm³/mol. The molecule has 2 heterocycles. The quantitative estimate of drug-likeness (QED) is 0.691. The molecule has 1 N–H and O–H groups in total. The fourth-order valence-corrected chi connectivity index (χ4v) is 1.83. The second kappa shape index (κ2) is 5.19. The molecule has 0 atom stereocenters. The number of halogens is 1. The van der Waals surface area contributed by atoms with E-state index >= 15 is 0 Å². The van der Waals surface area contributed by atoms with Crippen molar-refractivity contribution in [3.63, 3.8) is 0 Å². The third-order valence-corrected chi connectivity index (χ3v) is 2.71. The SMILES string of the molecule is Cc1cc(Br)cnc1NC(=O)c1ccc([N+](=O)[O-])o1. The second-order valence-electron chi connectivity index (χ2n) is 3.67. The van der Waals surface area contributed by atoms with Gasteiger partial charge in [0.25, 0.3) is 5.91 Å². The van der Waals surface area contributed by atoms with Gasteiger partial charge in [0.2, 0.25) is 0 Å². The van der Waals surface area contributed by atoms with Gasteiger partial charge in [-0.3, -0.25) is 14.9 Å². The molecular weight excluding hydrogens is 318 g/mol. The van der Waals surface area contributed by atoms with Gasteiger partial charge in [-0.1, -0.05) is 0 Å². The molecular formula is C11H8BrN3O4. The van der Waals surface area contributed by atoms with E-state index in [4.69, 9.17) is 4.42 Å². The Kier molecular flexibility index (Phi) is 3.61. The number of hydrogen-bond acceptors (Lipinski definition) is 5. The Morgan fingerprint density at radius 1 is 1.53 bits per heavy atom. The fraction of sp³-hybridized carbons (Fsp3) is 0.0909. The van der Waals surface area contributed by atoms with E-state index in [0.717, 1.165) is 16.1 Å². The van der Waals surface area contributed by atoms with Crippen LogP contribution in [0.2, 0.25) is 0 Å². The zero-order valence-electron chi connectivity index (χ0n) is 9.71. The number of aryl methyl sites for hydroxylation is 1. The molecule has 0 radical (unpaired) electrons. The van der Waals surface area contributed by atoms with Crippen molar-refractivity contribution in [1.82, 2.24) is 4.98 Å². The number of furan rings is 1. The molecule has 8 heteroatoms. The lowest BCUT2D eigenvalue weighted by atomic mass is 10.3. The standard InChI is InChI=1S/C11H8BrN3O4/c1-6-4-7(12)5-13-10(6)14-11(16)8-2-3-9(19-8)15(17)18/h2-5H,1H3,(H,13,14,16). The smallest absolute Gasteiger partial charge is 0.395 e. The van der Waals surface area contributed by atoms with Gasteiger partial charge < -0.3 is 9.73 Å². The summed E-state index contributed by atoms with van der Waals surface area (Å²) >= 11 is 3.26. The molecule has 98 valence electrons. The van der Waals surface area contributed by atoms with Crippen molar-refractivity contribution in [2.45, 2.75) is 6.92 Å². The molecule has 0 aliphatic rings. The number of aromatic nitrogens is 1. The van der Waals surface area contributed by atoms with Crippen LogP contribution in [0.5, 0.6) is 0 Å². The van der Waals surface area contributed by atoms with Crippen molar-refractivity contribution >= 4 is 33.5 Å². The van der Waals surface area contributed by atoms with Gasteiger partial charge in [-0.2, -0.15) is 0 Å². The van der Waals surface area contributed by atoms with Crippen LogP contribution in [0.3, 0.4) is 0 Å². The Balaban J connectivity index is 2.18. The first-order valence-corrected chi connectivity index (χ1v) is 5.94. The van der Waals surface area contributed by atoms with Crippen LogP contribution >= 0.6 is 15.9 Å². The van der Waals surface area contributed by atoms with Crippen molar-refractivity contribution in [3.8, 4) is 0 Å². The Labute approximate surface area is 115 Å². The van der Waals surface area contributed by atoms with E-state index in [1.807, 2.05) is 0 Å². The number of nitrogens with zero attached hydrogens (tertiary/aromatic N) is 2. The van der Waals surface area contributed by atoms with E-state index in [1.54, 1.807) is 13.0 Å². The van der Waals surface area contributed by atoms with Gasteiger partial charge in [0.05, 0.1) is 6.07 Å². The summed E-state index contributed by atoms with van der Waals surface area (Å²) in [6.45, 7) is 1.78. The fourth-order valence-electron chi connectivity index (χ4n) is 1.39. The Hall–Kier alpha value is -2.22. The largest absolute Gasteiger partial charge is 0.433 e. The third kappa shape index (κ3) is 2.97. The Morgan fingerprint density at radius 2 is 2.26 bits per heavy atom. The maximum absolute atomic E-state index is 11.8. The molecule has 0 unspecified atom stereocenters. The van der Waals surface area contributed by atoms with Gasteiger partial charge in [0.15, 0.2) is 5.76 Å². The number of carbonyl (C=O) groups is 1. The van der Waals surface area contributed by atoms with Crippen LogP contribution in [-0.2, 0) is 0 Å². The molecule has 0 aromatic carbocycles. The van der Waals surface area contributed by atoms with Gasteiger partial charge in [-0.15, -0.1) is 0 Å². The summed E-state index contributed by atoms with van der Waals surface area (Å²) in [6, 6.07) is 4.14. The van der Waals surface area contributed by atoms with Crippen LogP contribution in [0, 0.1) is 17.0 Å². The summed E-state index contributed by atoms with van der Waals surface area (Å²) in [5, 5.41) is 13.0. The molecule has 2 rings (SSSR count). The molecule has 0 saturated carbocycles. The summed E-state index contributed by atoms with van der Waals surface area (Å²) in [5.74, 6) is -0.847. The maximum Gasteiger partial charge on any atom is 0.433 e. The van der Waals surface area contributed by atoms with Crippen molar-refractivity contribution in [2.24, 2.45) is 0 Å². The highest BCUT2D eigenvalue weighted by molar-refractivity contribution is 9.10. The van der Waals surface area contributed by atoms with Crippen LogP contribution in [0.4, 0.5) is 11.7 Å². The molecule has 1 amide bonds. The average Bonchev–Trinajstić information content (AvgIpc) is 2.82. The van der Waals surface area contributed by atoms with E-state index in [9.17, 15) is 14.9 Å². The van der Waals surface area contributed by atoms with Gasteiger partial charge in [-0.05, 0) is 40.5 Å². The van der Waals surface area contributed by atoms with Gasteiger partial charge >= 0.3 is 5.88 Å². The van der Waals surface area contributed by atoms with Crippen LogP contribution in [-0.4, -0.2) is 15.8 Å². The number of amides is 1. The van der Waals surface area contributed by atoms with E-state index in [2.05, 4.69) is 26.2 Å². The molecule has 0 fully saturated rings. The lowest BCUT2D eigenvalue weighted by Crippen LogP contribution is -2.13. The van der Waals surface area contributed by atoms with E-state index in [1.165, 1.54) is 12.3 Å². The van der Waals surface area contributed by atoms with Crippen LogP contribution in [0.15, 0.2) is 33.3 Å². The van der Waals surface area contributed by atoms with Gasteiger partial charge in [0, 0.05) is 10.7 Å². The molecule has 19 heavy (non-hydrogen) atoms. The lowest BCUT2D eigenvalue weighted by Gasteiger charge is -2.05. The number of hydrogen-bond donors (Lipinski definition) is 1. The Morgan fingerprint density at radius 3 is 2.84 bits per heavy atom. The number of anilines is 1. The lowest BCUT2D eigenvalue weighted by molar-refractivity contribution is -0.402. The van der Waals surface area contributed by atoms with Gasteiger partial charge in [-0.25, -0.2) is 4.98 Å². The summed E-state index contributed by atoms with van der Waals surface area (Å²) in [5.41, 5.74) is 0.754. The average molecular weight is 326 g/mol. The van der Waals surface area contributed by atoms with Crippen molar-refractivity contribution in [1.29, 1.82) is 0 Å². The maximum atomic E-state index is 11.8. The van der Waals surface area contributed by atoms with Crippen molar-refractivity contribution in [3.05, 3.63) is 50.3 Å². The monoisotopic (exact) mass is 325 g/mol. The molecule has 0 aliphatic carbocycles. The first kappa shape index (κ1) is 13.2. The number of pyridine rings is 1. The number of nitrogens with one attached hydrogen (secondary N) is 1. The summed E-state index contributed by atoms with van der Waals surface area (Å²) in [6.07, 6.45) is 1.53. The van der Waals surface area contributed by atoms with Crippen molar-refractivity contribution in [2.75, 3.05) is 5.32 Å². The normalized spacial score (nSPS) is 10.2. The van der Waals surface area contributed by atoms with Crippen molar-refractivity contribution < 1.29 is 14.1 Å². The minimum absolute atomic E-state index is 0.143. The van der Waals surface area contributed by atoms with E-state index in [-0.39, 0.29) is 5.76 Å². The summed E-state index contributed by atoms with van der Waals surface area (Å²) < 4.78 is 5.58. The number of nitro groups is 1. The molecule has 0 saturated heterocycles. The molecule has 2 aromatic rings. The second-order valence-corrected chi connectivity index (χ2v) is 4.58. The zero-order chi connectivity index (χ0) is 14.0. The van der Waals surface area contributed by atoms with Crippen LogP contribution in [0.1, 0.15) is 16.1 Å². The van der Waals surface area contributed by atoms with Gasteiger partial charge in [0.1, 0.15) is 10.7 Å². The van der Waals surface area contributed by atoms with E-state index in [0.29, 0.717) is 5.82 Å². The number of rotatable bonds is 3. The minimum Gasteiger partial charge on any atom is -0.395 e. The zero-order valence-corrected chi connectivity index (χ0v) is 11.3. The first-order chi connectivity index (χ1) is 8.97. The molecule has 0 bridgehead atoms. The van der Waals surface area contributed by atoms with Crippen LogP contribution in [0.25, 0.3) is 0 Å². The highest BCUT2D eigenvalue weighted by Gasteiger charge is 2.18. The third-order valence-electron chi connectivity index (χ3n) is 2.27. The summed E-state index contributed by atoms with van der Waals surface area (Å²) in [7, 11) is 0. The molecule has 0 spiro atoms. The van der Waals surface area contributed by atoms with E-state index < -0.39 is 16.7 Å². The van der Waals surface area contributed by atoms with Crippen LogP contribution < -0.4 is 5.32 Å². The topological polar surface area (TPSA) is 98.3 Å². The summed E-state index contributed by atoms with van der Waals surface area (Å²) in [4.78, 5) is 25.6. The Bertz CT molecular complexity index is 653. The molecule has 0 aliphatic heterocycles. The molecule has 7 nitrogen and oxygen atoms in total. The highest BCUT2D eigenvalue weighted by Crippen LogP contribution is 2.19.